The molecule has 2 aliphatic rings. The number of nitrogens with one attached hydrogen (secondary N) is 1. The maximum atomic E-state index is 12.5. The Morgan fingerprint density at radius 1 is 1.18 bits per heavy atom. The van der Waals surface area contributed by atoms with E-state index in [9.17, 15) is 14.9 Å². The lowest BCUT2D eigenvalue weighted by molar-refractivity contribution is -0.135. The molecule has 2 saturated carbocycles. The predicted octanol–water partition coefficient (Wildman–Crippen LogP) is 3.61. The van der Waals surface area contributed by atoms with Crippen LogP contribution in [0.3, 0.4) is 0 Å². The number of ether oxygens (including phenoxy) is 2. The third-order valence-corrected chi connectivity index (χ3v) is 5.41. The van der Waals surface area contributed by atoms with Crippen LogP contribution in [0.15, 0.2) is 23.8 Å². The number of nitrogens with zero attached hydrogens (tertiary/aromatic N) is 1. The Kier molecular flexibility index (Phi) is 6.35. The lowest BCUT2D eigenvalue weighted by Crippen LogP contribution is -2.41. The zero-order valence-corrected chi connectivity index (χ0v) is 16.4. The van der Waals surface area contributed by atoms with Crippen LogP contribution in [0.5, 0.6) is 11.5 Å². The van der Waals surface area contributed by atoms with Crippen LogP contribution in [0.1, 0.15) is 51.0 Å². The fourth-order valence-corrected chi connectivity index (χ4v) is 3.46. The highest BCUT2D eigenvalue weighted by Gasteiger charge is 2.32. The molecule has 0 unspecified atom stereocenters. The van der Waals surface area contributed by atoms with Gasteiger partial charge in [0.15, 0.2) is 11.5 Å². The summed E-state index contributed by atoms with van der Waals surface area (Å²) in [5.74, 6) is 0.528. The molecular weight excluding hydrogens is 356 g/mol. The van der Waals surface area contributed by atoms with E-state index in [0.717, 1.165) is 32.1 Å². The van der Waals surface area contributed by atoms with Gasteiger partial charge in [-0.2, -0.15) is 5.26 Å². The van der Waals surface area contributed by atoms with Gasteiger partial charge in [0.2, 0.25) is 0 Å². The molecule has 0 radical (unpaired) electrons. The van der Waals surface area contributed by atoms with Crippen molar-refractivity contribution in [2.75, 3.05) is 7.11 Å². The molecule has 0 aromatic heterocycles. The van der Waals surface area contributed by atoms with E-state index in [2.05, 4.69) is 12.2 Å². The summed E-state index contributed by atoms with van der Waals surface area (Å²) in [6, 6.07) is 7.08. The number of esters is 1. The van der Waals surface area contributed by atoms with Gasteiger partial charge < -0.3 is 14.8 Å². The first-order valence-electron chi connectivity index (χ1n) is 9.84. The molecule has 0 bridgehead atoms. The van der Waals surface area contributed by atoms with Crippen molar-refractivity contribution in [3.8, 4) is 17.6 Å². The average molecular weight is 382 g/mol. The molecule has 2 atom stereocenters. The molecule has 28 heavy (non-hydrogen) atoms. The average Bonchev–Trinajstić information content (AvgIpc) is 3.54. The first kappa shape index (κ1) is 19.9. The molecule has 0 heterocycles. The van der Waals surface area contributed by atoms with Crippen LogP contribution in [-0.2, 0) is 9.59 Å². The van der Waals surface area contributed by atoms with E-state index in [1.807, 2.05) is 6.07 Å². The minimum absolute atomic E-state index is 0.0136. The van der Waals surface area contributed by atoms with Gasteiger partial charge in [0.1, 0.15) is 11.6 Å². The van der Waals surface area contributed by atoms with E-state index in [0.29, 0.717) is 23.0 Å². The summed E-state index contributed by atoms with van der Waals surface area (Å²) in [6.07, 6.45) is 7.57. The SMILES string of the molecule is COc1cc(/C=C(\C#N)C(=O)N[C@@H]2CCCC[C@H]2C)ccc1OC(=O)C1CC1. The van der Waals surface area contributed by atoms with Crippen LogP contribution in [-0.4, -0.2) is 25.0 Å². The van der Waals surface area contributed by atoms with Gasteiger partial charge in [0.05, 0.1) is 13.0 Å². The zero-order chi connectivity index (χ0) is 20.1. The topological polar surface area (TPSA) is 88.4 Å². The van der Waals surface area contributed by atoms with Gasteiger partial charge in [-0.25, -0.2) is 0 Å². The fourth-order valence-electron chi connectivity index (χ4n) is 3.46. The molecule has 2 fully saturated rings. The molecule has 1 N–H and O–H groups in total. The van der Waals surface area contributed by atoms with Gasteiger partial charge in [-0.05, 0) is 55.4 Å². The van der Waals surface area contributed by atoms with Gasteiger partial charge in [-0.1, -0.05) is 25.8 Å². The first-order chi connectivity index (χ1) is 13.5. The number of hydrogen-bond acceptors (Lipinski definition) is 5. The predicted molar refractivity (Wildman–Crippen MR) is 105 cm³/mol. The Balaban J connectivity index is 1.73. The molecular formula is C22H26N2O4. The molecule has 2 aliphatic carbocycles. The quantitative estimate of drug-likeness (QED) is 0.351. The minimum Gasteiger partial charge on any atom is -0.493 e. The normalized spacial score (nSPS) is 22.1. The first-order valence-corrected chi connectivity index (χ1v) is 9.84. The van der Waals surface area contributed by atoms with Crippen LogP contribution in [0.4, 0.5) is 0 Å². The van der Waals surface area contributed by atoms with Crippen molar-refractivity contribution in [1.29, 1.82) is 5.26 Å². The van der Waals surface area contributed by atoms with E-state index in [1.165, 1.54) is 19.6 Å². The maximum absolute atomic E-state index is 12.5. The number of carbonyl (C=O) groups is 2. The smallest absolute Gasteiger partial charge is 0.314 e. The largest absolute Gasteiger partial charge is 0.493 e. The molecule has 3 rings (SSSR count). The number of benzene rings is 1. The molecule has 148 valence electrons. The lowest BCUT2D eigenvalue weighted by Gasteiger charge is -2.29. The second-order valence-electron chi connectivity index (χ2n) is 7.62. The van der Waals surface area contributed by atoms with Crippen molar-refractivity contribution >= 4 is 18.0 Å². The summed E-state index contributed by atoms with van der Waals surface area (Å²) in [6.45, 7) is 2.13. The van der Waals surface area contributed by atoms with Gasteiger partial charge >= 0.3 is 5.97 Å². The van der Waals surface area contributed by atoms with Crippen LogP contribution in [0.25, 0.3) is 6.08 Å². The second kappa shape index (κ2) is 8.92. The van der Waals surface area contributed by atoms with E-state index in [4.69, 9.17) is 9.47 Å². The Labute approximate surface area is 165 Å². The highest BCUT2D eigenvalue weighted by Crippen LogP contribution is 2.34. The minimum atomic E-state index is -0.357. The number of hydrogen-bond donors (Lipinski definition) is 1. The molecule has 0 saturated heterocycles. The van der Waals surface area contributed by atoms with Gasteiger partial charge in [0.25, 0.3) is 5.91 Å². The number of methoxy groups -OCH3 is 1. The summed E-state index contributed by atoms with van der Waals surface area (Å²) in [5, 5.41) is 12.4. The summed E-state index contributed by atoms with van der Waals surface area (Å²) < 4.78 is 10.7. The van der Waals surface area contributed by atoms with Crippen LogP contribution in [0.2, 0.25) is 0 Å². The number of amides is 1. The number of rotatable bonds is 6. The Morgan fingerprint density at radius 2 is 1.93 bits per heavy atom. The van der Waals surface area contributed by atoms with E-state index >= 15 is 0 Å². The summed E-state index contributed by atoms with van der Waals surface area (Å²) in [5.41, 5.74) is 0.675. The van der Waals surface area contributed by atoms with Crippen LogP contribution >= 0.6 is 0 Å². The molecule has 1 amide bonds. The monoisotopic (exact) mass is 382 g/mol. The highest BCUT2D eigenvalue weighted by molar-refractivity contribution is 6.01. The van der Waals surface area contributed by atoms with E-state index in [1.54, 1.807) is 18.2 Å². The van der Waals surface area contributed by atoms with Gasteiger partial charge in [-0.3, -0.25) is 9.59 Å². The van der Waals surface area contributed by atoms with Crippen molar-refractivity contribution in [2.24, 2.45) is 11.8 Å². The third-order valence-electron chi connectivity index (χ3n) is 5.41. The summed E-state index contributed by atoms with van der Waals surface area (Å²) >= 11 is 0. The lowest BCUT2D eigenvalue weighted by atomic mass is 9.86. The molecule has 1 aromatic carbocycles. The fraction of sp³-hybridized carbons (Fsp3) is 0.500. The Hall–Kier alpha value is -2.81. The molecule has 0 spiro atoms. The number of carbonyl (C=O) groups excluding carboxylic acids is 2. The van der Waals surface area contributed by atoms with Crippen molar-refractivity contribution in [2.45, 2.75) is 51.5 Å². The highest BCUT2D eigenvalue weighted by atomic mass is 16.6. The Morgan fingerprint density at radius 3 is 2.57 bits per heavy atom. The van der Waals surface area contributed by atoms with E-state index < -0.39 is 0 Å². The van der Waals surface area contributed by atoms with Crippen LogP contribution in [0, 0.1) is 23.2 Å². The van der Waals surface area contributed by atoms with Gasteiger partial charge in [-0.15, -0.1) is 0 Å². The number of nitriles is 1. The van der Waals surface area contributed by atoms with Crippen molar-refractivity contribution in [3.63, 3.8) is 0 Å². The molecule has 0 aliphatic heterocycles. The molecule has 1 aromatic rings. The summed E-state index contributed by atoms with van der Waals surface area (Å²) in [4.78, 5) is 24.4. The zero-order valence-electron chi connectivity index (χ0n) is 16.4. The van der Waals surface area contributed by atoms with Crippen LogP contribution < -0.4 is 14.8 Å². The second-order valence-corrected chi connectivity index (χ2v) is 7.62. The van der Waals surface area contributed by atoms with Crippen molar-refractivity contribution in [1.82, 2.24) is 5.32 Å². The maximum Gasteiger partial charge on any atom is 0.314 e. The Bertz CT molecular complexity index is 820. The third kappa shape index (κ3) is 4.92. The standard InChI is InChI=1S/C22H26N2O4/c1-14-5-3-4-6-18(14)24-21(25)17(13-23)11-15-7-10-19(20(12-15)27-2)28-22(26)16-8-9-16/h7,10-12,14,16,18H,3-6,8-9H2,1-2H3,(H,24,25)/b17-11+/t14-,18-/m1/s1. The van der Waals surface area contributed by atoms with Crippen molar-refractivity contribution < 1.29 is 19.1 Å². The molecule has 6 nitrogen and oxygen atoms in total. The summed E-state index contributed by atoms with van der Waals surface area (Å²) in [7, 11) is 1.49. The van der Waals surface area contributed by atoms with Crippen molar-refractivity contribution in [3.05, 3.63) is 29.3 Å². The molecule has 6 heteroatoms. The van der Waals surface area contributed by atoms with E-state index in [-0.39, 0.29) is 29.4 Å². The van der Waals surface area contributed by atoms with Gasteiger partial charge in [0, 0.05) is 6.04 Å².